The predicted molar refractivity (Wildman–Crippen MR) is 68.6 cm³/mol. The van der Waals surface area contributed by atoms with E-state index in [1.165, 1.54) is 12.1 Å². The molecule has 7 heteroatoms. The van der Waals surface area contributed by atoms with E-state index in [9.17, 15) is 14.9 Å². The van der Waals surface area contributed by atoms with E-state index in [-0.39, 0.29) is 23.6 Å². The fourth-order valence-electron chi connectivity index (χ4n) is 1.56. The van der Waals surface area contributed by atoms with Crippen LogP contribution in [0.3, 0.4) is 0 Å². The van der Waals surface area contributed by atoms with E-state index in [0.29, 0.717) is 0 Å². The molecule has 1 aromatic carbocycles. The molecule has 0 aliphatic rings. The minimum atomic E-state index is -1.23. The van der Waals surface area contributed by atoms with Crippen molar-refractivity contribution in [1.82, 2.24) is 4.98 Å². The van der Waals surface area contributed by atoms with Crippen molar-refractivity contribution in [3.8, 4) is 5.75 Å². The molecule has 0 aliphatic heterocycles. The Balaban J connectivity index is 2.23. The minimum Gasteiger partial charge on any atom is -0.482 e. The molecule has 0 amide bonds. The lowest BCUT2D eigenvalue weighted by atomic mass is 10.2. The number of nitrogens with zero attached hydrogens (tertiary/aromatic N) is 2. The summed E-state index contributed by atoms with van der Waals surface area (Å²) in [6.07, 6.45) is 3.19. The molecular formula is C13H10N2O5. The van der Waals surface area contributed by atoms with Crippen LogP contribution in [0.2, 0.25) is 0 Å². The summed E-state index contributed by atoms with van der Waals surface area (Å²) >= 11 is 0. The molecule has 1 N–H and O–H groups in total. The molecular weight excluding hydrogens is 264 g/mol. The maximum atomic E-state index is 10.9. The van der Waals surface area contributed by atoms with Crippen LogP contribution in [0.4, 0.5) is 5.69 Å². The van der Waals surface area contributed by atoms with Crippen LogP contribution in [-0.2, 0) is 6.61 Å². The molecule has 1 aromatic heterocycles. The highest BCUT2D eigenvalue weighted by atomic mass is 16.6. The number of hydrogen-bond donors (Lipinski definition) is 1. The number of nitro groups is 1. The average Bonchev–Trinajstić information content (AvgIpc) is 2.45. The van der Waals surface area contributed by atoms with Gasteiger partial charge in [0.25, 0.3) is 0 Å². The van der Waals surface area contributed by atoms with Crippen LogP contribution in [0.1, 0.15) is 15.9 Å². The summed E-state index contributed by atoms with van der Waals surface area (Å²) in [5.41, 5.74) is 0.211. The zero-order valence-electron chi connectivity index (χ0n) is 10.2. The average molecular weight is 274 g/mol. The minimum absolute atomic E-state index is 0.0175. The lowest BCUT2D eigenvalue weighted by molar-refractivity contribution is -0.386. The van der Waals surface area contributed by atoms with Gasteiger partial charge in [-0.15, -0.1) is 0 Å². The summed E-state index contributed by atoms with van der Waals surface area (Å²) in [4.78, 5) is 24.9. The quantitative estimate of drug-likeness (QED) is 0.662. The molecule has 0 aliphatic carbocycles. The normalized spacial score (nSPS) is 10.0. The maximum absolute atomic E-state index is 10.9. The number of ether oxygens (including phenoxy) is 1. The predicted octanol–water partition coefficient (Wildman–Crippen LogP) is 2.27. The van der Waals surface area contributed by atoms with Gasteiger partial charge in [-0.2, -0.15) is 0 Å². The number of rotatable bonds is 5. The van der Waals surface area contributed by atoms with E-state index in [4.69, 9.17) is 9.84 Å². The number of carboxylic acid groups (broad SMARTS) is 1. The molecule has 0 saturated carbocycles. The lowest BCUT2D eigenvalue weighted by Crippen LogP contribution is -2.02. The number of nitro benzene ring substituents is 1. The molecule has 2 rings (SSSR count). The van der Waals surface area contributed by atoms with Gasteiger partial charge in [-0.3, -0.25) is 15.1 Å². The summed E-state index contributed by atoms with van der Waals surface area (Å²) in [7, 11) is 0. The van der Waals surface area contributed by atoms with Crippen molar-refractivity contribution < 1.29 is 19.6 Å². The Morgan fingerprint density at radius 2 is 2.20 bits per heavy atom. The standard InChI is InChI=1S/C13H10N2O5/c16-13(17)10-3-4-12(11(6-10)15(18)19)20-8-9-2-1-5-14-7-9/h1-7H,8H2,(H,16,17). The number of aromatic carboxylic acids is 1. The number of carbonyl (C=O) groups is 1. The van der Waals surface area contributed by atoms with Crippen LogP contribution in [0.25, 0.3) is 0 Å². The second-order valence-corrected chi connectivity index (χ2v) is 3.89. The topological polar surface area (TPSA) is 103 Å². The molecule has 1 heterocycles. The second-order valence-electron chi connectivity index (χ2n) is 3.89. The third-order valence-corrected chi connectivity index (χ3v) is 2.52. The van der Waals surface area contributed by atoms with Crippen molar-refractivity contribution in [2.24, 2.45) is 0 Å². The summed E-state index contributed by atoms with van der Waals surface area (Å²) in [6.45, 7) is 0.112. The molecule has 0 fully saturated rings. The van der Waals surface area contributed by atoms with E-state index in [0.717, 1.165) is 11.6 Å². The lowest BCUT2D eigenvalue weighted by Gasteiger charge is -2.07. The number of pyridine rings is 1. The molecule has 102 valence electrons. The molecule has 0 radical (unpaired) electrons. The second kappa shape index (κ2) is 5.79. The van der Waals surface area contributed by atoms with Crippen LogP contribution >= 0.6 is 0 Å². The van der Waals surface area contributed by atoms with Crippen LogP contribution in [-0.4, -0.2) is 21.0 Å². The number of benzene rings is 1. The van der Waals surface area contributed by atoms with E-state index in [2.05, 4.69) is 4.98 Å². The van der Waals surface area contributed by atoms with E-state index in [1.807, 2.05) is 0 Å². The number of carboxylic acids is 1. The van der Waals surface area contributed by atoms with Crippen molar-refractivity contribution >= 4 is 11.7 Å². The Morgan fingerprint density at radius 3 is 2.80 bits per heavy atom. The van der Waals surface area contributed by atoms with Gasteiger partial charge in [0.2, 0.25) is 0 Å². The highest BCUT2D eigenvalue weighted by Crippen LogP contribution is 2.28. The van der Waals surface area contributed by atoms with Gasteiger partial charge in [0.15, 0.2) is 5.75 Å². The third kappa shape index (κ3) is 3.08. The van der Waals surface area contributed by atoms with Gasteiger partial charge in [-0.1, -0.05) is 6.07 Å². The Hall–Kier alpha value is -2.96. The Labute approximate surface area is 113 Å². The molecule has 20 heavy (non-hydrogen) atoms. The van der Waals surface area contributed by atoms with Gasteiger partial charge < -0.3 is 9.84 Å². The SMILES string of the molecule is O=C(O)c1ccc(OCc2cccnc2)c([N+](=O)[O-])c1. The Kier molecular flexibility index (Phi) is 3.90. The van der Waals surface area contributed by atoms with Gasteiger partial charge in [-0.25, -0.2) is 4.79 Å². The highest BCUT2D eigenvalue weighted by molar-refractivity contribution is 5.88. The van der Waals surface area contributed by atoms with Crippen LogP contribution in [0.15, 0.2) is 42.7 Å². The van der Waals surface area contributed by atoms with E-state index in [1.54, 1.807) is 24.5 Å². The third-order valence-electron chi connectivity index (χ3n) is 2.52. The first-order valence-electron chi connectivity index (χ1n) is 5.61. The Bertz CT molecular complexity index is 642. The van der Waals surface area contributed by atoms with Crippen molar-refractivity contribution in [3.05, 3.63) is 64.0 Å². The monoisotopic (exact) mass is 274 g/mol. The summed E-state index contributed by atoms with van der Waals surface area (Å²) in [5.74, 6) is -1.21. The summed E-state index contributed by atoms with van der Waals surface area (Å²) < 4.78 is 5.34. The van der Waals surface area contributed by atoms with E-state index < -0.39 is 10.9 Å². The first-order valence-corrected chi connectivity index (χ1v) is 5.61. The van der Waals surface area contributed by atoms with Crippen LogP contribution < -0.4 is 4.74 Å². The summed E-state index contributed by atoms with van der Waals surface area (Å²) in [6, 6.07) is 7.00. The first-order chi connectivity index (χ1) is 9.58. The van der Waals surface area contributed by atoms with Crippen molar-refractivity contribution in [2.45, 2.75) is 6.61 Å². The first kappa shape index (κ1) is 13.5. The molecule has 2 aromatic rings. The smallest absolute Gasteiger partial charge is 0.335 e. The van der Waals surface area contributed by atoms with Crippen LogP contribution in [0.5, 0.6) is 5.75 Å². The highest BCUT2D eigenvalue weighted by Gasteiger charge is 2.18. The van der Waals surface area contributed by atoms with Gasteiger partial charge in [0.1, 0.15) is 6.61 Å². The fourth-order valence-corrected chi connectivity index (χ4v) is 1.56. The molecule has 0 bridgehead atoms. The van der Waals surface area contributed by atoms with E-state index >= 15 is 0 Å². The van der Waals surface area contributed by atoms with Crippen LogP contribution in [0, 0.1) is 10.1 Å². The van der Waals surface area contributed by atoms with Crippen molar-refractivity contribution in [1.29, 1.82) is 0 Å². The molecule has 0 saturated heterocycles. The van der Waals surface area contributed by atoms with Crippen molar-refractivity contribution in [3.63, 3.8) is 0 Å². The molecule has 0 spiro atoms. The number of hydrogen-bond acceptors (Lipinski definition) is 5. The molecule has 0 atom stereocenters. The molecule has 7 nitrogen and oxygen atoms in total. The van der Waals surface area contributed by atoms with Gasteiger partial charge >= 0.3 is 11.7 Å². The largest absolute Gasteiger partial charge is 0.482 e. The number of aromatic nitrogens is 1. The maximum Gasteiger partial charge on any atom is 0.335 e. The Morgan fingerprint density at radius 1 is 1.40 bits per heavy atom. The zero-order valence-corrected chi connectivity index (χ0v) is 10.2. The zero-order chi connectivity index (χ0) is 14.5. The fraction of sp³-hybridized carbons (Fsp3) is 0.0769. The summed E-state index contributed by atoms with van der Waals surface area (Å²) in [5, 5.41) is 19.7. The van der Waals surface area contributed by atoms with Gasteiger partial charge in [0, 0.05) is 24.0 Å². The van der Waals surface area contributed by atoms with Crippen molar-refractivity contribution in [2.75, 3.05) is 0 Å². The molecule has 0 unspecified atom stereocenters. The van der Waals surface area contributed by atoms with Gasteiger partial charge in [0.05, 0.1) is 10.5 Å². The van der Waals surface area contributed by atoms with Gasteiger partial charge in [-0.05, 0) is 18.2 Å².